The number of aliphatic imine (C=N–C) groups is 1. The maximum absolute atomic E-state index is 15.2. The number of hydrogen-bond donors (Lipinski definition) is 3. The Labute approximate surface area is 221 Å². The van der Waals surface area contributed by atoms with Gasteiger partial charge in [-0.3, -0.25) is 14.6 Å². The van der Waals surface area contributed by atoms with Crippen molar-refractivity contribution in [2.75, 3.05) is 11.9 Å². The molecular formula is C24H28F4N6O3S. The first-order valence-electron chi connectivity index (χ1n) is 11.5. The Kier molecular flexibility index (Phi) is 8.24. The number of amides is 2. The molecule has 0 saturated carbocycles. The van der Waals surface area contributed by atoms with Crippen molar-refractivity contribution in [2.24, 2.45) is 16.6 Å². The van der Waals surface area contributed by atoms with Crippen LogP contribution in [0.1, 0.15) is 50.7 Å². The predicted molar refractivity (Wildman–Crippen MR) is 135 cm³/mol. The standard InChI is InChI=1S/C24H28F4N6O3S/c1-12(2)32-20(36)23(5)13(3)22(4,34-21(29)38-23)15-8-14(6-7-16(15)25)33-19(35)17-9-31-18(10-30-17)37-11-24(26,27)28/h6-10,12-13H,11H2,1-5H3,(H2,29,34)(H,32,36)(H,33,35)/t13-,22-,23-/m0/s1. The molecule has 9 nitrogen and oxygen atoms in total. The van der Waals surface area contributed by atoms with Crippen LogP contribution in [0.2, 0.25) is 0 Å². The van der Waals surface area contributed by atoms with Gasteiger partial charge >= 0.3 is 6.18 Å². The van der Waals surface area contributed by atoms with Crippen molar-refractivity contribution in [2.45, 2.75) is 57.1 Å². The molecule has 1 aromatic carbocycles. The van der Waals surface area contributed by atoms with Crippen molar-refractivity contribution in [1.29, 1.82) is 0 Å². The summed E-state index contributed by atoms with van der Waals surface area (Å²) in [5, 5.41) is 5.56. The molecule has 206 valence electrons. The van der Waals surface area contributed by atoms with Crippen LogP contribution in [-0.4, -0.2) is 50.5 Å². The molecule has 2 heterocycles. The van der Waals surface area contributed by atoms with Gasteiger partial charge in [0.2, 0.25) is 11.8 Å². The van der Waals surface area contributed by atoms with E-state index in [0.717, 1.165) is 30.2 Å². The molecule has 0 fully saturated rings. The summed E-state index contributed by atoms with van der Waals surface area (Å²) in [7, 11) is 0. The summed E-state index contributed by atoms with van der Waals surface area (Å²) in [4.78, 5) is 37.7. The highest BCUT2D eigenvalue weighted by molar-refractivity contribution is 8.15. The van der Waals surface area contributed by atoms with E-state index < -0.39 is 46.6 Å². The molecule has 0 unspecified atom stereocenters. The third-order valence-corrected chi connectivity index (χ3v) is 7.48. The summed E-state index contributed by atoms with van der Waals surface area (Å²) in [6, 6.07) is 3.75. The van der Waals surface area contributed by atoms with E-state index in [0.29, 0.717) is 0 Å². The lowest BCUT2D eigenvalue weighted by molar-refractivity contribution is -0.154. The number of anilines is 1. The number of nitrogens with zero attached hydrogens (tertiary/aromatic N) is 3. The number of benzene rings is 1. The van der Waals surface area contributed by atoms with Crippen LogP contribution in [0.3, 0.4) is 0 Å². The molecule has 1 aromatic heterocycles. The average molecular weight is 557 g/mol. The van der Waals surface area contributed by atoms with Crippen molar-refractivity contribution in [3.8, 4) is 5.88 Å². The number of aromatic nitrogens is 2. The van der Waals surface area contributed by atoms with Gasteiger partial charge in [0.05, 0.1) is 17.9 Å². The fourth-order valence-corrected chi connectivity index (χ4v) is 5.21. The maximum Gasteiger partial charge on any atom is 0.422 e. The SMILES string of the molecule is CC(C)NC(=O)[C@@]1(C)SC(N)=N[C@](C)(c2cc(NC(=O)c3cnc(OCC(F)(F)F)cn3)ccc2F)[C@@H]1C. The minimum absolute atomic E-state index is 0.108. The van der Waals surface area contributed by atoms with E-state index in [2.05, 4.69) is 30.3 Å². The van der Waals surface area contributed by atoms with E-state index >= 15 is 4.39 Å². The van der Waals surface area contributed by atoms with Gasteiger partial charge in [-0.1, -0.05) is 18.7 Å². The molecule has 4 N–H and O–H groups in total. The summed E-state index contributed by atoms with van der Waals surface area (Å²) in [6.07, 6.45) is -2.70. The number of nitrogens with two attached hydrogens (primary N) is 1. The van der Waals surface area contributed by atoms with Crippen molar-refractivity contribution in [1.82, 2.24) is 15.3 Å². The van der Waals surface area contributed by atoms with Gasteiger partial charge in [-0.25, -0.2) is 14.4 Å². The fourth-order valence-electron chi connectivity index (χ4n) is 3.98. The van der Waals surface area contributed by atoms with Crippen LogP contribution in [-0.2, 0) is 10.3 Å². The fraction of sp³-hybridized carbons (Fsp3) is 0.458. The van der Waals surface area contributed by atoms with Gasteiger partial charge in [-0.05, 0) is 45.9 Å². The Hall–Kier alpha value is -3.42. The molecule has 14 heteroatoms. The zero-order valence-corrected chi connectivity index (χ0v) is 22.1. The second-order valence-corrected chi connectivity index (χ2v) is 10.9. The molecule has 0 radical (unpaired) electrons. The highest BCUT2D eigenvalue weighted by atomic mass is 32.2. The van der Waals surface area contributed by atoms with Crippen LogP contribution < -0.4 is 21.1 Å². The third kappa shape index (κ3) is 6.34. The number of hydrogen-bond acceptors (Lipinski definition) is 8. The molecule has 38 heavy (non-hydrogen) atoms. The first-order valence-corrected chi connectivity index (χ1v) is 12.3. The van der Waals surface area contributed by atoms with Crippen LogP contribution in [0.4, 0.5) is 23.2 Å². The average Bonchev–Trinajstić information content (AvgIpc) is 2.81. The van der Waals surface area contributed by atoms with Gasteiger partial charge in [0, 0.05) is 23.2 Å². The number of carbonyl (C=O) groups excluding carboxylic acids is 2. The molecule has 2 aromatic rings. The zero-order valence-electron chi connectivity index (χ0n) is 21.3. The molecule has 1 aliphatic rings. The second kappa shape index (κ2) is 10.8. The Morgan fingerprint density at radius 1 is 1.21 bits per heavy atom. The number of nitrogens with one attached hydrogen (secondary N) is 2. The van der Waals surface area contributed by atoms with Gasteiger partial charge in [0.15, 0.2) is 11.8 Å². The Morgan fingerprint density at radius 2 is 1.89 bits per heavy atom. The van der Waals surface area contributed by atoms with Gasteiger partial charge in [-0.2, -0.15) is 13.2 Å². The normalized spacial score (nSPS) is 23.5. The van der Waals surface area contributed by atoms with Crippen LogP contribution in [0.25, 0.3) is 0 Å². The molecular weight excluding hydrogens is 528 g/mol. The molecule has 0 saturated heterocycles. The number of thioether (sulfide) groups is 1. The summed E-state index contributed by atoms with van der Waals surface area (Å²) in [5.74, 6) is -2.54. The highest BCUT2D eigenvalue weighted by Gasteiger charge is 2.54. The van der Waals surface area contributed by atoms with Crippen LogP contribution in [0.15, 0.2) is 35.6 Å². The molecule has 0 bridgehead atoms. The Balaban J connectivity index is 1.86. The van der Waals surface area contributed by atoms with E-state index in [4.69, 9.17) is 5.73 Å². The summed E-state index contributed by atoms with van der Waals surface area (Å²) in [6.45, 7) is 7.28. The van der Waals surface area contributed by atoms with E-state index in [-0.39, 0.29) is 34.1 Å². The van der Waals surface area contributed by atoms with Crippen molar-refractivity contribution < 1.29 is 31.9 Å². The van der Waals surface area contributed by atoms with Gasteiger partial charge in [0.25, 0.3) is 5.91 Å². The van der Waals surface area contributed by atoms with Crippen molar-refractivity contribution in [3.05, 3.63) is 47.7 Å². The third-order valence-electron chi connectivity index (χ3n) is 6.21. The largest absolute Gasteiger partial charge is 0.467 e. The zero-order chi connectivity index (χ0) is 28.5. The second-order valence-electron chi connectivity index (χ2n) is 9.45. The van der Waals surface area contributed by atoms with Gasteiger partial charge in [-0.15, -0.1) is 0 Å². The van der Waals surface area contributed by atoms with Crippen LogP contribution >= 0.6 is 11.8 Å². The van der Waals surface area contributed by atoms with E-state index in [1.54, 1.807) is 20.8 Å². The molecule has 0 spiro atoms. The monoisotopic (exact) mass is 556 g/mol. The lowest BCUT2D eigenvalue weighted by atomic mass is 9.73. The maximum atomic E-state index is 15.2. The number of amidine groups is 1. The lowest BCUT2D eigenvalue weighted by Crippen LogP contribution is -2.57. The van der Waals surface area contributed by atoms with Gasteiger partial charge in [0.1, 0.15) is 16.3 Å². The smallest absolute Gasteiger partial charge is 0.422 e. The molecule has 3 rings (SSSR count). The number of halogens is 4. The van der Waals surface area contributed by atoms with E-state index in [9.17, 15) is 22.8 Å². The Morgan fingerprint density at radius 3 is 2.47 bits per heavy atom. The van der Waals surface area contributed by atoms with Gasteiger partial charge < -0.3 is 21.1 Å². The summed E-state index contributed by atoms with van der Waals surface area (Å²) in [5.41, 5.74) is 4.94. The predicted octanol–water partition coefficient (Wildman–Crippen LogP) is 4.01. The van der Waals surface area contributed by atoms with E-state index in [1.165, 1.54) is 12.1 Å². The van der Waals surface area contributed by atoms with Crippen LogP contribution in [0.5, 0.6) is 5.88 Å². The lowest BCUT2D eigenvalue weighted by Gasteiger charge is -2.46. The first-order chi connectivity index (χ1) is 17.5. The van der Waals surface area contributed by atoms with Crippen LogP contribution in [0, 0.1) is 11.7 Å². The quantitative estimate of drug-likeness (QED) is 0.439. The topological polar surface area (TPSA) is 132 Å². The van der Waals surface area contributed by atoms with Crippen molar-refractivity contribution in [3.63, 3.8) is 0 Å². The molecule has 0 aliphatic carbocycles. The highest BCUT2D eigenvalue weighted by Crippen LogP contribution is 2.50. The molecule has 3 atom stereocenters. The summed E-state index contributed by atoms with van der Waals surface area (Å²) >= 11 is 1.10. The minimum atomic E-state index is -4.55. The minimum Gasteiger partial charge on any atom is -0.467 e. The number of carbonyl (C=O) groups is 2. The van der Waals surface area contributed by atoms with Crippen molar-refractivity contribution >= 4 is 34.4 Å². The Bertz CT molecular complexity index is 1240. The molecule has 1 aliphatic heterocycles. The first kappa shape index (κ1) is 29.1. The number of rotatable bonds is 7. The molecule has 2 amide bonds. The summed E-state index contributed by atoms with van der Waals surface area (Å²) < 4.78 is 55.5. The number of alkyl halides is 3. The number of ether oxygens (including phenoxy) is 1. The van der Waals surface area contributed by atoms with E-state index in [1.807, 2.05) is 13.8 Å².